The first-order valence-corrected chi connectivity index (χ1v) is 14.1. The average molecular weight is 516 g/mol. The van der Waals surface area contributed by atoms with Crippen LogP contribution in [0.2, 0.25) is 0 Å². The Balaban J connectivity index is 1.50. The summed E-state index contributed by atoms with van der Waals surface area (Å²) in [7, 11) is 6.03. The van der Waals surface area contributed by atoms with Gasteiger partial charge in [0, 0.05) is 0 Å². The quantitative estimate of drug-likeness (QED) is 0.162. The third kappa shape index (κ3) is 4.01. The Kier molecular flexibility index (Phi) is 5.50. The predicted octanol–water partition coefficient (Wildman–Crippen LogP) is 10.1. The molecule has 0 aliphatic carbocycles. The van der Waals surface area contributed by atoms with Gasteiger partial charge in [-0.3, -0.25) is 0 Å². The van der Waals surface area contributed by atoms with Crippen molar-refractivity contribution in [1.82, 2.24) is 0 Å². The van der Waals surface area contributed by atoms with Gasteiger partial charge in [0.1, 0.15) is 7.85 Å². The summed E-state index contributed by atoms with van der Waals surface area (Å²) in [6, 6.07) is 54.8. The zero-order chi connectivity index (χ0) is 27.3. The van der Waals surface area contributed by atoms with Crippen molar-refractivity contribution >= 4 is 56.4 Å². The van der Waals surface area contributed by atoms with Crippen molar-refractivity contribution in [3.63, 3.8) is 0 Å². The van der Waals surface area contributed by atoms with Crippen molar-refractivity contribution < 1.29 is 0 Å². The Morgan fingerprint density at radius 3 is 1.32 bits per heavy atom. The molecule has 8 rings (SSSR count). The monoisotopic (exact) mass is 516 g/mol. The zero-order valence-electron chi connectivity index (χ0n) is 22.5. The topological polar surface area (TPSA) is 0 Å². The maximum atomic E-state index is 6.03. The molecule has 0 aliphatic heterocycles. The minimum Gasteiger partial charge on any atom is -0.0966 e. The highest BCUT2D eigenvalue weighted by Crippen LogP contribution is 2.45. The molecule has 1 heteroatoms. The van der Waals surface area contributed by atoms with Crippen LogP contribution in [-0.2, 0) is 0 Å². The van der Waals surface area contributed by atoms with Gasteiger partial charge in [0.25, 0.3) is 0 Å². The van der Waals surface area contributed by atoms with Gasteiger partial charge >= 0.3 is 0 Å². The molecule has 0 nitrogen and oxygen atoms in total. The molecule has 0 atom stereocenters. The van der Waals surface area contributed by atoms with E-state index in [9.17, 15) is 0 Å². The maximum Gasteiger partial charge on any atom is 0.113 e. The second-order valence-electron chi connectivity index (χ2n) is 10.8. The molecule has 41 heavy (non-hydrogen) atoms. The fourth-order valence-electron chi connectivity index (χ4n) is 6.35. The molecule has 2 radical (unpaired) electrons. The predicted molar refractivity (Wildman–Crippen MR) is 178 cm³/mol. The molecule has 0 aliphatic rings. The minimum absolute atomic E-state index is 0.774. The molecule has 188 valence electrons. The van der Waals surface area contributed by atoms with Gasteiger partial charge in [0.05, 0.1) is 0 Å². The molecule has 0 aromatic heterocycles. The van der Waals surface area contributed by atoms with Crippen molar-refractivity contribution in [3.8, 4) is 33.4 Å². The summed E-state index contributed by atoms with van der Waals surface area (Å²) in [5, 5.41) is 10.0. The van der Waals surface area contributed by atoms with Crippen LogP contribution < -0.4 is 5.46 Å². The van der Waals surface area contributed by atoms with Gasteiger partial charge in [-0.05, 0) is 94.7 Å². The van der Waals surface area contributed by atoms with Gasteiger partial charge in [-0.25, -0.2) is 0 Å². The minimum atomic E-state index is 0.774. The Hall–Kier alpha value is -5.14. The van der Waals surface area contributed by atoms with Crippen LogP contribution >= 0.6 is 0 Å². The molecule has 0 N–H and O–H groups in total. The smallest absolute Gasteiger partial charge is 0.0966 e. The van der Waals surface area contributed by atoms with Gasteiger partial charge in [-0.15, -0.1) is 0 Å². The van der Waals surface area contributed by atoms with E-state index in [2.05, 4.69) is 140 Å². The summed E-state index contributed by atoms with van der Waals surface area (Å²) in [5.41, 5.74) is 8.11. The largest absolute Gasteiger partial charge is 0.113 e. The Morgan fingerprint density at radius 1 is 0.293 bits per heavy atom. The summed E-state index contributed by atoms with van der Waals surface area (Å²) >= 11 is 0. The van der Waals surface area contributed by atoms with E-state index in [1.54, 1.807) is 0 Å². The highest BCUT2D eigenvalue weighted by atomic mass is 14.2. The molecule has 0 unspecified atom stereocenters. The SMILES string of the molecule is [B]c1ccc(-c2ccc3c(-c4ccc5ccccc5c4)c4ccccc4c(-c4ccc5ccccc5c4)c3c2)cc1. The van der Waals surface area contributed by atoms with E-state index >= 15 is 0 Å². The molecule has 0 fully saturated rings. The van der Waals surface area contributed by atoms with Crippen LogP contribution in [0.5, 0.6) is 0 Å². The van der Waals surface area contributed by atoms with Crippen molar-refractivity contribution in [3.05, 3.63) is 152 Å². The van der Waals surface area contributed by atoms with E-state index in [-0.39, 0.29) is 0 Å². The first-order chi connectivity index (χ1) is 20.2. The standard InChI is InChI=1S/C40H25B/c41-34-20-17-28(18-21-34)31-19-22-37-38(25-31)40(33-16-14-27-8-2-4-10-30(27)24-33)36-12-6-5-11-35(36)39(37)32-15-13-26-7-1-3-9-29(26)23-32/h1-25H. The molecular formula is C40H25B. The van der Waals surface area contributed by atoms with Crippen LogP contribution in [0.4, 0.5) is 0 Å². The van der Waals surface area contributed by atoms with Gasteiger partial charge in [0.15, 0.2) is 0 Å². The first-order valence-electron chi connectivity index (χ1n) is 14.1. The fraction of sp³-hybridized carbons (Fsp3) is 0. The molecule has 0 saturated heterocycles. The lowest BCUT2D eigenvalue weighted by atomic mass is 9.84. The number of rotatable bonds is 3. The molecule has 8 aromatic carbocycles. The lowest BCUT2D eigenvalue weighted by molar-refractivity contribution is 1.65. The average Bonchev–Trinajstić information content (AvgIpc) is 3.03. The van der Waals surface area contributed by atoms with E-state index in [0.29, 0.717) is 0 Å². The van der Waals surface area contributed by atoms with Crippen molar-refractivity contribution in [1.29, 1.82) is 0 Å². The second-order valence-corrected chi connectivity index (χ2v) is 10.8. The lowest BCUT2D eigenvalue weighted by Crippen LogP contribution is -1.99. The lowest BCUT2D eigenvalue weighted by Gasteiger charge is -2.19. The molecule has 0 spiro atoms. The molecular weight excluding hydrogens is 491 g/mol. The highest BCUT2D eigenvalue weighted by molar-refractivity contribution is 6.32. The second kappa shape index (κ2) is 9.50. The summed E-state index contributed by atoms with van der Waals surface area (Å²) in [4.78, 5) is 0. The van der Waals surface area contributed by atoms with Crippen LogP contribution in [0.3, 0.4) is 0 Å². The van der Waals surface area contributed by atoms with Crippen LogP contribution in [-0.4, -0.2) is 7.85 Å². The molecule has 0 bridgehead atoms. The van der Waals surface area contributed by atoms with E-state index in [0.717, 1.165) is 11.0 Å². The fourth-order valence-corrected chi connectivity index (χ4v) is 6.35. The number of fused-ring (bicyclic) bond motifs is 4. The normalized spacial score (nSPS) is 11.5. The molecule has 0 amide bonds. The highest BCUT2D eigenvalue weighted by Gasteiger charge is 2.18. The van der Waals surface area contributed by atoms with Crippen LogP contribution in [0, 0.1) is 0 Å². The van der Waals surface area contributed by atoms with Crippen LogP contribution in [0.25, 0.3) is 76.5 Å². The summed E-state index contributed by atoms with van der Waals surface area (Å²) < 4.78 is 0. The summed E-state index contributed by atoms with van der Waals surface area (Å²) in [6.45, 7) is 0. The number of hydrogen-bond acceptors (Lipinski definition) is 0. The van der Waals surface area contributed by atoms with Crippen molar-refractivity contribution in [2.75, 3.05) is 0 Å². The van der Waals surface area contributed by atoms with Crippen LogP contribution in [0.1, 0.15) is 0 Å². The number of hydrogen-bond donors (Lipinski definition) is 0. The van der Waals surface area contributed by atoms with Crippen molar-refractivity contribution in [2.24, 2.45) is 0 Å². The molecule has 0 heterocycles. The van der Waals surface area contributed by atoms with Gasteiger partial charge in [-0.2, -0.15) is 0 Å². The first kappa shape index (κ1) is 23.7. The van der Waals surface area contributed by atoms with E-state index in [1.807, 2.05) is 12.1 Å². The Morgan fingerprint density at radius 2 is 0.732 bits per heavy atom. The van der Waals surface area contributed by atoms with Gasteiger partial charge in [-0.1, -0.05) is 139 Å². The maximum absolute atomic E-state index is 6.03. The molecule has 0 saturated carbocycles. The zero-order valence-corrected chi connectivity index (χ0v) is 22.5. The van der Waals surface area contributed by atoms with E-state index in [4.69, 9.17) is 7.85 Å². The van der Waals surface area contributed by atoms with Gasteiger partial charge in [0.2, 0.25) is 0 Å². The Bertz CT molecular complexity index is 2260. The van der Waals surface area contributed by atoms with Crippen molar-refractivity contribution in [2.45, 2.75) is 0 Å². The van der Waals surface area contributed by atoms with E-state index in [1.165, 1.54) is 70.9 Å². The number of benzene rings is 8. The third-order valence-corrected chi connectivity index (χ3v) is 8.34. The third-order valence-electron chi connectivity index (χ3n) is 8.34. The summed E-state index contributed by atoms with van der Waals surface area (Å²) in [5.74, 6) is 0. The van der Waals surface area contributed by atoms with E-state index < -0.39 is 0 Å². The Labute approximate surface area is 240 Å². The molecule has 8 aromatic rings. The summed E-state index contributed by atoms with van der Waals surface area (Å²) in [6.07, 6.45) is 0. The van der Waals surface area contributed by atoms with Gasteiger partial charge < -0.3 is 0 Å². The van der Waals surface area contributed by atoms with Crippen LogP contribution in [0.15, 0.2) is 152 Å².